The van der Waals surface area contributed by atoms with Crippen LogP contribution in [0.25, 0.3) is 0 Å². The van der Waals surface area contributed by atoms with E-state index in [2.05, 4.69) is 12.2 Å². The zero-order valence-corrected chi connectivity index (χ0v) is 8.55. The second kappa shape index (κ2) is 2.32. The Morgan fingerprint density at radius 1 is 1.15 bits per heavy atom. The van der Waals surface area contributed by atoms with Gasteiger partial charge in [0.15, 0.2) is 5.78 Å². The Kier molecular flexibility index (Phi) is 1.48. The molecule has 0 amide bonds. The van der Waals surface area contributed by atoms with Crippen LogP contribution in [0.2, 0.25) is 0 Å². The van der Waals surface area contributed by atoms with Gasteiger partial charge in [-0.15, -0.1) is 23.2 Å². The average Bonchev–Trinajstić information content (AvgIpc) is 2.78. The maximum Gasteiger partial charge on any atom is 0.169 e. The van der Waals surface area contributed by atoms with Gasteiger partial charge in [0.2, 0.25) is 0 Å². The number of rotatable bonds is 0. The lowest BCUT2D eigenvalue weighted by molar-refractivity contribution is -0.122. The molecule has 0 aliphatic heterocycles. The minimum atomic E-state index is -0.375. The summed E-state index contributed by atoms with van der Waals surface area (Å²) in [6, 6.07) is 0. The SMILES string of the molecule is O=C1[C@H](Cl)[C@H]2C=C[C@@H]([C@H]1Cl)C21CC1. The quantitative estimate of drug-likeness (QED) is 0.449. The van der Waals surface area contributed by atoms with E-state index in [9.17, 15) is 4.79 Å². The lowest BCUT2D eigenvalue weighted by Crippen LogP contribution is -2.45. The van der Waals surface area contributed by atoms with Crippen LogP contribution < -0.4 is 0 Å². The van der Waals surface area contributed by atoms with Gasteiger partial charge in [-0.25, -0.2) is 0 Å². The number of hydrogen-bond donors (Lipinski definition) is 0. The van der Waals surface area contributed by atoms with Crippen molar-refractivity contribution in [3.05, 3.63) is 12.2 Å². The average molecular weight is 217 g/mol. The molecule has 0 unspecified atom stereocenters. The molecule has 2 saturated carbocycles. The van der Waals surface area contributed by atoms with Crippen LogP contribution in [0.4, 0.5) is 0 Å². The number of carbonyl (C=O) groups is 1. The Bertz CT molecular complexity index is 282. The molecule has 0 aromatic carbocycles. The molecule has 2 bridgehead atoms. The van der Waals surface area contributed by atoms with E-state index < -0.39 is 0 Å². The normalized spacial score (nSPS) is 50.2. The first-order valence-electron chi connectivity index (χ1n) is 4.67. The van der Waals surface area contributed by atoms with Crippen molar-refractivity contribution in [3.8, 4) is 0 Å². The van der Waals surface area contributed by atoms with E-state index in [1.54, 1.807) is 0 Å². The van der Waals surface area contributed by atoms with Crippen LogP contribution in [0.5, 0.6) is 0 Å². The summed E-state index contributed by atoms with van der Waals surface area (Å²) in [6.45, 7) is 0. The Balaban J connectivity index is 2.06. The van der Waals surface area contributed by atoms with Gasteiger partial charge in [-0.2, -0.15) is 0 Å². The maximum absolute atomic E-state index is 11.6. The van der Waals surface area contributed by atoms with E-state index in [1.807, 2.05) is 0 Å². The number of hydrogen-bond acceptors (Lipinski definition) is 1. The van der Waals surface area contributed by atoms with Gasteiger partial charge in [0.1, 0.15) is 10.8 Å². The third-order valence-corrected chi connectivity index (χ3v) is 4.83. The first-order valence-corrected chi connectivity index (χ1v) is 5.54. The summed E-state index contributed by atoms with van der Waals surface area (Å²) in [5, 5.41) is -0.750. The van der Waals surface area contributed by atoms with E-state index in [1.165, 1.54) is 12.8 Å². The van der Waals surface area contributed by atoms with Crippen LogP contribution in [-0.2, 0) is 4.79 Å². The fraction of sp³-hybridized carbons (Fsp3) is 0.700. The van der Waals surface area contributed by atoms with Crippen molar-refractivity contribution in [2.24, 2.45) is 17.3 Å². The van der Waals surface area contributed by atoms with Crippen molar-refractivity contribution in [1.82, 2.24) is 0 Å². The summed E-state index contributed by atoms with van der Waals surface area (Å²) in [4.78, 5) is 11.6. The van der Waals surface area contributed by atoms with Gasteiger partial charge in [-0.3, -0.25) is 4.79 Å². The van der Waals surface area contributed by atoms with Crippen LogP contribution in [0.15, 0.2) is 12.2 Å². The molecule has 1 nitrogen and oxygen atoms in total. The van der Waals surface area contributed by atoms with Crippen molar-refractivity contribution in [1.29, 1.82) is 0 Å². The van der Waals surface area contributed by atoms with Gasteiger partial charge >= 0.3 is 0 Å². The number of ketones is 1. The van der Waals surface area contributed by atoms with Crippen molar-refractivity contribution in [2.45, 2.75) is 23.6 Å². The van der Waals surface area contributed by atoms with E-state index >= 15 is 0 Å². The monoisotopic (exact) mass is 216 g/mol. The maximum atomic E-state index is 11.6. The van der Waals surface area contributed by atoms with Crippen LogP contribution in [0, 0.1) is 17.3 Å². The van der Waals surface area contributed by atoms with Gasteiger partial charge < -0.3 is 0 Å². The van der Waals surface area contributed by atoms with Gasteiger partial charge in [-0.05, 0) is 18.3 Å². The molecule has 3 rings (SSSR count). The summed E-state index contributed by atoms with van der Waals surface area (Å²) in [7, 11) is 0. The molecule has 3 aliphatic carbocycles. The zero-order chi connectivity index (χ0) is 9.22. The molecule has 4 atom stereocenters. The van der Waals surface area contributed by atoms with Crippen LogP contribution in [0.1, 0.15) is 12.8 Å². The number of halogens is 2. The molecule has 1 spiro atoms. The van der Waals surface area contributed by atoms with Gasteiger partial charge in [0.25, 0.3) is 0 Å². The lowest BCUT2D eigenvalue weighted by Gasteiger charge is -2.36. The molecule has 0 radical (unpaired) electrons. The van der Waals surface area contributed by atoms with Crippen molar-refractivity contribution < 1.29 is 4.79 Å². The van der Waals surface area contributed by atoms with E-state index in [-0.39, 0.29) is 33.8 Å². The highest BCUT2D eigenvalue weighted by Crippen LogP contribution is 2.67. The summed E-state index contributed by atoms with van der Waals surface area (Å²) in [6.07, 6.45) is 6.59. The largest absolute Gasteiger partial charge is 0.296 e. The number of carbonyl (C=O) groups excluding carboxylic acids is 1. The molecule has 0 aromatic rings. The first-order chi connectivity index (χ1) is 6.17. The molecular weight excluding hydrogens is 207 g/mol. The van der Waals surface area contributed by atoms with E-state index in [0.717, 1.165) is 0 Å². The molecule has 3 aliphatic rings. The zero-order valence-electron chi connectivity index (χ0n) is 7.04. The Labute approximate surface area is 87.1 Å². The molecule has 70 valence electrons. The second-order valence-electron chi connectivity index (χ2n) is 4.38. The van der Waals surface area contributed by atoms with Crippen molar-refractivity contribution in [2.75, 3.05) is 0 Å². The van der Waals surface area contributed by atoms with Crippen LogP contribution in [-0.4, -0.2) is 16.5 Å². The fourth-order valence-corrected chi connectivity index (χ4v) is 3.95. The van der Waals surface area contributed by atoms with E-state index in [0.29, 0.717) is 0 Å². The molecule has 2 fully saturated rings. The number of alkyl halides is 2. The number of Topliss-reactive ketones (excluding diaryl/α,β-unsaturated/α-hetero) is 1. The highest BCUT2D eigenvalue weighted by Gasteiger charge is 2.64. The summed E-state index contributed by atoms with van der Waals surface area (Å²) in [5.41, 5.74) is 0.284. The predicted molar refractivity (Wildman–Crippen MR) is 52.1 cm³/mol. The fourth-order valence-electron chi connectivity index (χ4n) is 2.94. The molecule has 13 heavy (non-hydrogen) atoms. The highest BCUT2D eigenvalue weighted by molar-refractivity contribution is 6.41. The summed E-state index contributed by atoms with van der Waals surface area (Å²) < 4.78 is 0. The van der Waals surface area contributed by atoms with Crippen molar-refractivity contribution >= 4 is 29.0 Å². The molecule has 0 saturated heterocycles. The van der Waals surface area contributed by atoms with Crippen molar-refractivity contribution in [3.63, 3.8) is 0 Å². The highest BCUT2D eigenvalue weighted by atomic mass is 35.5. The molecular formula is C10H10Cl2O. The molecule has 0 heterocycles. The van der Waals surface area contributed by atoms with E-state index in [4.69, 9.17) is 23.2 Å². The molecule has 3 heteroatoms. The Morgan fingerprint density at radius 3 is 2.00 bits per heavy atom. The Hall–Kier alpha value is -0.0100. The molecule has 0 aromatic heterocycles. The minimum Gasteiger partial charge on any atom is -0.296 e. The smallest absolute Gasteiger partial charge is 0.169 e. The third kappa shape index (κ3) is 0.829. The topological polar surface area (TPSA) is 17.1 Å². The first kappa shape index (κ1) is 8.31. The standard InChI is InChI=1S/C10H10Cl2O/c11-7-5-1-2-6(8(12)9(7)13)10(5)3-4-10/h1-2,5-8H,3-4H2/t5-,6+,7-,8-/m1/s1. The van der Waals surface area contributed by atoms with Gasteiger partial charge in [0, 0.05) is 11.8 Å². The van der Waals surface area contributed by atoms with Crippen LogP contribution in [0.3, 0.4) is 0 Å². The number of allylic oxidation sites excluding steroid dienone is 2. The summed E-state index contributed by atoms with van der Waals surface area (Å²) in [5.74, 6) is 0.559. The molecule has 0 N–H and O–H groups in total. The second-order valence-corrected chi connectivity index (χ2v) is 5.32. The van der Waals surface area contributed by atoms with Crippen LogP contribution >= 0.6 is 23.2 Å². The van der Waals surface area contributed by atoms with Gasteiger partial charge in [-0.1, -0.05) is 12.2 Å². The minimum absolute atomic E-state index is 0.0286. The predicted octanol–water partition coefficient (Wildman–Crippen LogP) is 2.37. The Morgan fingerprint density at radius 2 is 1.62 bits per heavy atom. The van der Waals surface area contributed by atoms with Gasteiger partial charge in [0.05, 0.1) is 0 Å². The summed E-state index contributed by atoms with van der Waals surface area (Å²) >= 11 is 12.2. The third-order valence-electron chi connectivity index (χ3n) is 3.86. The lowest BCUT2D eigenvalue weighted by atomic mass is 9.73.